The monoisotopic (exact) mass is 403 g/mol. The van der Waals surface area contributed by atoms with Crippen LogP contribution in [0.4, 0.5) is 4.39 Å². The summed E-state index contributed by atoms with van der Waals surface area (Å²) in [4.78, 5) is 15.4. The van der Waals surface area contributed by atoms with Crippen molar-refractivity contribution in [3.63, 3.8) is 0 Å². The molecule has 0 bridgehead atoms. The van der Waals surface area contributed by atoms with E-state index in [2.05, 4.69) is 15.0 Å². The lowest BCUT2D eigenvalue weighted by Gasteiger charge is -2.14. The number of aromatic nitrogens is 1. The summed E-state index contributed by atoms with van der Waals surface area (Å²) in [6.45, 7) is 3.66. The van der Waals surface area contributed by atoms with Gasteiger partial charge >= 0.3 is 0 Å². The molecule has 0 aliphatic heterocycles. The number of aryl methyl sites for hydroxylation is 1. The molecule has 1 aromatic heterocycles. The fourth-order valence-electron chi connectivity index (χ4n) is 2.90. The van der Waals surface area contributed by atoms with Gasteiger partial charge in [-0.1, -0.05) is 17.7 Å². The van der Waals surface area contributed by atoms with Crippen molar-refractivity contribution in [2.75, 3.05) is 6.54 Å². The molecule has 0 aliphatic carbocycles. The minimum absolute atomic E-state index is 0.110. The van der Waals surface area contributed by atoms with Gasteiger partial charge in [0.15, 0.2) is 0 Å². The second-order valence-corrected chi connectivity index (χ2v) is 8.41. The maximum atomic E-state index is 13.4. The quantitative estimate of drug-likeness (QED) is 0.566. The summed E-state index contributed by atoms with van der Waals surface area (Å²) in [5, 5.41) is 3.48. The van der Waals surface area contributed by atoms with Crippen LogP contribution in [-0.4, -0.2) is 31.9 Å². The van der Waals surface area contributed by atoms with E-state index < -0.39 is 22.0 Å². The highest BCUT2D eigenvalue weighted by atomic mass is 32.2. The van der Waals surface area contributed by atoms with Crippen LogP contribution in [0.25, 0.3) is 10.9 Å². The zero-order chi connectivity index (χ0) is 20.3. The summed E-state index contributed by atoms with van der Waals surface area (Å²) in [5.41, 5.74) is 2.64. The highest BCUT2D eigenvalue weighted by Crippen LogP contribution is 2.19. The average molecular weight is 403 g/mol. The maximum absolute atomic E-state index is 13.4. The van der Waals surface area contributed by atoms with Gasteiger partial charge in [-0.25, -0.2) is 12.8 Å². The van der Waals surface area contributed by atoms with Gasteiger partial charge in [0.05, 0.1) is 10.9 Å². The Hall–Kier alpha value is -2.71. The van der Waals surface area contributed by atoms with Gasteiger partial charge in [0.25, 0.3) is 0 Å². The first-order valence-corrected chi connectivity index (χ1v) is 10.4. The van der Waals surface area contributed by atoms with Crippen molar-refractivity contribution >= 4 is 26.8 Å². The van der Waals surface area contributed by atoms with E-state index in [0.29, 0.717) is 13.0 Å². The standard InChI is InChI=1S/C20H22FN3O3S/c1-13-3-6-17(7-4-13)28(26,27)24-14(2)20(25)22-10-9-15-12-23-19-8-5-16(21)11-18(15)19/h3-8,11-12,14,23-24H,9-10H2,1-2H3,(H,22,25)/t14-/m0/s1. The number of carbonyl (C=O) groups is 1. The number of benzene rings is 2. The van der Waals surface area contributed by atoms with Crippen molar-refractivity contribution in [3.05, 3.63) is 65.6 Å². The first-order chi connectivity index (χ1) is 13.3. The van der Waals surface area contributed by atoms with Crippen LogP contribution < -0.4 is 10.0 Å². The van der Waals surface area contributed by atoms with E-state index in [0.717, 1.165) is 22.0 Å². The van der Waals surface area contributed by atoms with Crippen LogP contribution in [0, 0.1) is 12.7 Å². The first kappa shape index (κ1) is 20.0. The number of amides is 1. The Bertz CT molecular complexity index is 1090. The summed E-state index contributed by atoms with van der Waals surface area (Å²) in [7, 11) is -3.78. The minimum atomic E-state index is -3.78. The number of carbonyl (C=O) groups excluding carboxylic acids is 1. The Morgan fingerprint density at radius 2 is 1.89 bits per heavy atom. The largest absolute Gasteiger partial charge is 0.361 e. The Morgan fingerprint density at radius 3 is 2.61 bits per heavy atom. The van der Waals surface area contributed by atoms with Crippen molar-refractivity contribution in [1.82, 2.24) is 15.0 Å². The molecule has 3 N–H and O–H groups in total. The third-order valence-electron chi connectivity index (χ3n) is 4.48. The molecule has 1 atom stereocenters. The number of rotatable bonds is 7. The highest BCUT2D eigenvalue weighted by Gasteiger charge is 2.21. The normalized spacial score (nSPS) is 12.8. The number of aromatic amines is 1. The van der Waals surface area contributed by atoms with Crippen molar-refractivity contribution < 1.29 is 17.6 Å². The summed E-state index contributed by atoms with van der Waals surface area (Å²) in [6.07, 6.45) is 2.27. The zero-order valence-corrected chi connectivity index (χ0v) is 16.4. The predicted molar refractivity (Wildman–Crippen MR) is 106 cm³/mol. The van der Waals surface area contributed by atoms with E-state index in [1.165, 1.54) is 31.2 Å². The fraction of sp³-hybridized carbons (Fsp3) is 0.250. The second kappa shape index (κ2) is 8.12. The number of hydrogen-bond donors (Lipinski definition) is 3. The molecule has 0 radical (unpaired) electrons. The number of halogens is 1. The summed E-state index contributed by atoms with van der Waals surface area (Å²) < 4.78 is 40.5. The molecule has 2 aromatic carbocycles. The summed E-state index contributed by atoms with van der Waals surface area (Å²) >= 11 is 0. The zero-order valence-electron chi connectivity index (χ0n) is 15.6. The lowest BCUT2D eigenvalue weighted by atomic mass is 10.1. The molecule has 0 saturated carbocycles. The van der Waals surface area contributed by atoms with Crippen LogP contribution >= 0.6 is 0 Å². The fourth-order valence-corrected chi connectivity index (χ4v) is 4.11. The SMILES string of the molecule is Cc1ccc(S(=O)(=O)N[C@@H](C)C(=O)NCCc2c[nH]c3ccc(F)cc23)cc1. The Balaban J connectivity index is 1.56. The van der Waals surface area contributed by atoms with Crippen molar-refractivity contribution in [3.8, 4) is 0 Å². The van der Waals surface area contributed by atoms with Crippen LogP contribution in [0.2, 0.25) is 0 Å². The number of hydrogen-bond acceptors (Lipinski definition) is 3. The molecule has 0 fully saturated rings. The number of fused-ring (bicyclic) bond motifs is 1. The molecule has 28 heavy (non-hydrogen) atoms. The van der Waals surface area contributed by atoms with Gasteiger partial charge in [0.2, 0.25) is 15.9 Å². The van der Waals surface area contributed by atoms with Gasteiger partial charge < -0.3 is 10.3 Å². The van der Waals surface area contributed by atoms with E-state index >= 15 is 0 Å². The average Bonchev–Trinajstić information content (AvgIpc) is 3.03. The minimum Gasteiger partial charge on any atom is -0.361 e. The van der Waals surface area contributed by atoms with Gasteiger partial charge in [0, 0.05) is 23.6 Å². The third-order valence-corrected chi connectivity index (χ3v) is 6.04. The van der Waals surface area contributed by atoms with Gasteiger partial charge in [0.1, 0.15) is 5.82 Å². The number of nitrogens with one attached hydrogen (secondary N) is 3. The van der Waals surface area contributed by atoms with Gasteiger partial charge in [-0.15, -0.1) is 0 Å². The molecular weight excluding hydrogens is 381 g/mol. The maximum Gasteiger partial charge on any atom is 0.241 e. The Kier molecular flexibility index (Phi) is 5.81. The van der Waals surface area contributed by atoms with Crippen LogP contribution in [0.1, 0.15) is 18.1 Å². The smallest absolute Gasteiger partial charge is 0.241 e. The lowest BCUT2D eigenvalue weighted by Crippen LogP contribution is -2.45. The van der Waals surface area contributed by atoms with E-state index in [1.54, 1.807) is 24.4 Å². The molecule has 8 heteroatoms. The molecular formula is C20H22FN3O3S. The molecule has 3 rings (SSSR count). The summed E-state index contributed by atoms with van der Waals surface area (Å²) in [6, 6.07) is 9.96. The molecule has 148 valence electrons. The van der Waals surface area contributed by atoms with Gasteiger partial charge in [-0.2, -0.15) is 4.72 Å². The predicted octanol–water partition coefficient (Wildman–Crippen LogP) is 2.64. The summed E-state index contributed by atoms with van der Waals surface area (Å²) in [5.74, 6) is -0.752. The first-order valence-electron chi connectivity index (χ1n) is 8.88. The third kappa shape index (κ3) is 4.58. The lowest BCUT2D eigenvalue weighted by molar-refractivity contribution is -0.122. The van der Waals surface area contributed by atoms with E-state index in [1.807, 2.05) is 6.92 Å². The Labute approximate surface area is 163 Å². The molecule has 0 saturated heterocycles. The Morgan fingerprint density at radius 1 is 1.18 bits per heavy atom. The molecule has 0 spiro atoms. The molecule has 3 aromatic rings. The number of sulfonamides is 1. The van der Waals surface area contributed by atoms with Crippen LogP contribution in [-0.2, 0) is 21.2 Å². The van der Waals surface area contributed by atoms with Crippen molar-refractivity contribution in [2.45, 2.75) is 31.2 Å². The molecule has 6 nitrogen and oxygen atoms in total. The van der Waals surface area contributed by atoms with E-state index in [4.69, 9.17) is 0 Å². The highest BCUT2D eigenvalue weighted by molar-refractivity contribution is 7.89. The molecule has 0 aliphatic rings. The van der Waals surface area contributed by atoms with Crippen molar-refractivity contribution in [1.29, 1.82) is 0 Å². The molecule has 1 heterocycles. The van der Waals surface area contributed by atoms with E-state index in [9.17, 15) is 17.6 Å². The molecule has 1 amide bonds. The van der Waals surface area contributed by atoms with Crippen LogP contribution in [0.5, 0.6) is 0 Å². The number of H-pyrrole nitrogens is 1. The topological polar surface area (TPSA) is 91.1 Å². The van der Waals surface area contributed by atoms with Crippen LogP contribution in [0.15, 0.2) is 53.6 Å². The second-order valence-electron chi connectivity index (χ2n) is 6.70. The van der Waals surface area contributed by atoms with Gasteiger partial charge in [-0.3, -0.25) is 4.79 Å². The van der Waals surface area contributed by atoms with E-state index in [-0.39, 0.29) is 10.7 Å². The van der Waals surface area contributed by atoms with Crippen molar-refractivity contribution in [2.24, 2.45) is 0 Å². The van der Waals surface area contributed by atoms with Crippen LogP contribution in [0.3, 0.4) is 0 Å². The van der Waals surface area contributed by atoms with Gasteiger partial charge in [-0.05, 0) is 56.2 Å². The molecule has 0 unspecified atom stereocenters.